The molecule has 0 aliphatic heterocycles. The van der Waals surface area contributed by atoms with Gasteiger partial charge >= 0.3 is 0 Å². The molecule has 9 aliphatic rings. The molecule has 7 unspecified atom stereocenters. The predicted molar refractivity (Wildman–Crippen MR) is 73.1 cm³/mol. The number of hydrogen-bond acceptors (Lipinski definition) is 1. The molecule has 0 aromatic rings. The van der Waals surface area contributed by atoms with Crippen molar-refractivity contribution in [3.8, 4) is 0 Å². The highest BCUT2D eigenvalue weighted by molar-refractivity contribution is 5.30. The zero-order chi connectivity index (χ0) is 12.1. The lowest BCUT2D eigenvalue weighted by Gasteiger charge is -2.84. The molecular weight excluding hydrogens is 230 g/mol. The van der Waals surface area contributed by atoms with E-state index in [1.165, 1.54) is 6.42 Å². The Morgan fingerprint density at radius 2 is 1.68 bits per heavy atom. The maximum absolute atomic E-state index is 7.20. The third-order valence-corrected chi connectivity index (χ3v) is 9.83. The summed E-state index contributed by atoms with van der Waals surface area (Å²) < 4.78 is 0. The van der Waals surface area contributed by atoms with Crippen LogP contribution in [0.1, 0.15) is 44.9 Å². The van der Waals surface area contributed by atoms with E-state index in [0.717, 1.165) is 58.7 Å². The van der Waals surface area contributed by atoms with Crippen molar-refractivity contribution in [2.24, 2.45) is 64.4 Å². The second-order valence-electron chi connectivity index (χ2n) is 9.95. The Labute approximate surface area is 115 Å². The van der Waals surface area contributed by atoms with E-state index in [1.807, 2.05) is 0 Å². The summed E-state index contributed by atoms with van der Waals surface area (Å²) in [5.41, 5.74) is 8.27. The number of hydrogen-bond donors (Lipinski definition) is 1. The van der Waals surface area contributed by atoms with Crippen LogP contribution in [0.25, 0.3) is 0 Å². The molecule has 0 heterocycles. The van der Waals surface area contributed by atoms with Crippen LogP contribution in [0, 0.1) is 58.7 Å². The summed E-state index contributed by atoms with van der Waals surface area (Å²) in [6.45, 7) is 0. The van der Waals surface area contributed by atoms with Gasteiger partial charge in [-0.25, -0.2) is 0 Å². The largest absolute Gasteiger partial charge is 0.325 e. The maximum atomic E-state index is 7.20. The van der Waals surface area contributed by atoms with Crippen LogP contribution in [0.4, 0.5) is 0 Å². The molecule has 0 aromatic carbocycles. The molecule has 9 rings (SSSR count). The molecule has 11 atom stereocenters. The smallest absolute Gasteiger partial charge is 0.0225 e. The summed E-state index contributed by atoms with van der Waals surface area (Å²) in [6, 6.07) is 0. The van der Waals surface area contributed by atoms with Crippen molar-refractivity contribution in [1.82, 2.24) is 0 Å². The van der Waals surface area contributed by atoms with Gasteiger partial charge < -0.3 is 5.73 Å². The first-order valence-electron chi connectivity index (χ1n) is 8.98. The summed E-state index contributed by atoms with van der Waals surface area (Å²) in [4.78, 5) is 0. The van der Waals surface area contributed by atoms with Gasteiger partial charge in [-0.05, 0) is 104 Å². The van der Waals surface area contributed by atoms with Crippen molar-refractivity contribution >= 4 is 0 Å². The summed E-state index contributed by atoms with van der Waals surface area (Å²) in [6.07, 6.45) is 11.0. The molecule has 0 radical (unpaired) electrons. The molecule has 1 nitrogen and oxygen atoms in total. The minimum absolute atomic E-state index is 0.316. The van der Waals surface area contributed by atoms with Crippen molar-refractivity contribution in [1.29, 1.82) is 0 Å². The monoisotopic (exact) mass is 255 g/mol. The van der Waals surface area contributed by atoms with Crippen LogP contribution in [0.15, 0.2) is 0 Å². The Balaban J connectivity index is 1.60. The number of nitrogens with two attached hydrogens (primary N) is 1. The van der Waals surface area contributed by atoms with Crippen LogP contribution in [-0.2, 0) is 0 Å². The first-order valence-corrected chi connectivity index (χ1v) is 8.98. The van der Waals surface area contributed by atoms with Gasteiger partial charge in [-0.3, -0.25) is 0 Å². The number of rotatable bonds is 0. The van der Waals surface area contributed by atoms with E-state index < -0.39 is 0 Å². The van der Waals surface area contributed by atoms with Crippen LogP contribution in [0.2, 0.25) is 0 Å². The molecule has 102 valence electrons. The first-order chi connectivity index (χ1) is 9.20. The standard InChI is InChI=1S/C18H25N/c19-18-5-8-1-12-13(18)3-11-9-2-10-7-17(4-8,6-9)16(18)15(11)14(10)12/h8-16H,1-7,19H2/t8?,9-,10+,11?,12?,13?,14?,15+,16?,17-,18?/m0/s1. The van der Waals surface area contributed by atoms with Crippen LogP contribution in [0.5, 0.6) is 0 Å². The van der Waals surface area contributed by atoms with Crippen LogP contribution in [0.3, 0.4) is 0 Å². The van der Waals surface area contributed by atoms with Gasteiger partial charge in [-0.15, -0.1) is 0 Å². The average Bonchev–Trinajstić information content (AvgIpc) is 2.34. The Bertz CT molecular complexity index is 502. The highest BCUT2D eigenvalue weighted by Crippen LogP contribution is 2.83. The molecule has 9 saturated carbocycles. The van der Waals surface area contributed by atoms with Gasteiger partial charge in [0.1, 0.15) is 0 Å². The highest BCUT2D eigenvalue weighted by atomic mass is 14.9. The molecule has 9 fully saturated rings. The van der Waals surface area contributed by atoms with Crippen LogP contribution < -0.4 is 5.73 Å². The van der Waals surface area contributed by atoms with E-state index in [9.17, 15) is 0 Å². The molecule has 0 amide bonds. The minimum atomic E-state index is 0.316. The van der Waals surface area contributed by atoms with Crippen molar-refractivity contribution < 1.29 is 0 Å². The quantitative estimate of drug-likeness (QED) is 0.707. The summed E-state index contributed by atoms with van der Waals surface area (Å²) in [7, 11) is 0. The molecule has 1 heteroatoms. The zero-order valence-electron chi connectivity index (χ0n) is 11.7. The lowest BCUT2D eigenvalue weighted by molar-refractivity contribution is -0.336. The molecular formula is C18H25N. The Hall–Kier alpha value is -0.0400. The first kappa shape index (κ1) is 9.82. The fraction of sp³-hybridized carbons (Fsp3) is 1.00. The van der Waals surface area contributed by atoms with E-state index in [-0.39, 0.29) is 0 Å². The van der Waals surface area contributed by atoms with Gasteiger partial charge in [0.15, 0.2) is 0 Å². The lowest BCUT2D eigenvalue weighted by atomic mass is 9.22. The van der Waals surface area contributed by atoms with Gasteiger partial charge in [-0.2, -0.15) is 0 Å². The van der Waals surface area contributed by atoms with E-state index >= 15 is 0 Å². The van der Waals surface area contributed by atoms with Crippen molar-refractivity contribution in [3.63, 3.8) is 0 Å². The van der Waals surface area contributed by atoms with Gasteiger partial charge in [0.2, 0.25) is 0 Å². The van der Waals surface area contributed by atoms with Gasteiger partial charge in [0.25, 0.3) is 0 Å². The van der Waals surface area contributed by atoms with Gasteiger partial charge in [0, 0.05) is 5.54 Å². The van der Waals surface area contributed by atoms with Gasteiger partial charge in [0.05, 0.1) is 0 Å². The molecule has 0 aromatic heterocycles. The number of fused-ring (bicyclic) bond motifs is 1. The molecule has 2 N–H and O–H groups in total. The molecule has 1 spiro atoms. The summed E-state index contributed by atoms with van der Waals surface area (Å²) >= 11 is 0. The predicted octanol–water partition coefficient (Wildman–Crippen LogP) is 3.04. The fourth-order valence-electron chi connectivity index (χ4n) is 10.4. The fourth-order valence-corrected chi connectivity index (χ4v) is 10.4. The van der Waals surface area contributed by atoms with Crippen LogP contribution in [-0.4, -0.2) is 5.54 Å². The zero-order valence-corrected chi connectivity index (χ0v) is 11.7. The third-order valence-electron chi connectivity index (χ3n) is 9.83. The SMILES string of the molecule is NC12CC3CC4C5[C@@H]6C[C@H]7C[C@@](C3)(C6)C1[C@@H]5C7CC42. The molecule has 11 bridgehead atoms. The van der Waals surface area contributed by atoms with E-state index in [2.05, 4.69) is 0 Å². The Morgan fingerprint density at radius 1 is 0.789 bits per heavy atom. The lowest BCUT2D eigenvalue weighted by Crippen LogP contribution is -2.83. The third kappa shape index (κ3) is 0.753. The summed E-state index contributed by atoms with van der Waals surface area (Å²) in [5, 5.41) is 0. The topological polar surface area (TPSA) is 26.0 Å². The molecule has 0 saturated heterocycles. The Morgan fingerprint density at radius 3 is 2.63 bits per heavy atom. The van der Waals surface area contributed by atoms with Crippen molar-refractivity contribution in [3.05, 3.63) is 0 Å². The van der Waals surface area contributed by atoms with E-state index in [1.54, 1.807) is 38.5 Å². The Kier molecular flexibility index (Phi) is 1.26. The highest BCUT2D eigenvalue weighted by Gasteiger charge is 2.79. The van der Waals surface area contributed by atoms with Crippen molar-refractivity contribution in [2.75, 3.05) is 0 Å². The van der Waals surface area contributed by atoms with Crippen molar-refractivity contribution in [2.45, 2.75) is 50.5 Å². The minimum Gasteiger partial charge on any atom is -0.325 e. The van der Waals surface area contributed by atoms with E-state index in [0.29, 0.717) is 5.54 Å². The molecule has 19 heavy (non-hydrogen) atoms. The second kappa shape index (κ2) is 2.45. The van der Waals surface area contributed by atoms with Crippen LogP contribution >= 0.6 is 0 Å². The normalized spacial score (nSPS) is 80.4. The van der Waals surface area contributed by atoms with Gasteiger partial charge in [-0.1, -0.05) is 0 Å². The van der Waals surface area contributed by atoms with E-state index in [4.69, 9.17) is 5.73 Å². The average molecular weight is 255 g/mol. The maximum Gasteiger partial charge on any atom is 0.0225 e. The molecule has 9 aliphatic carbocycles. The second-order valence-corrected chi connectivity index (χ2v) is 9.95. The summed E-state index contributed by atoms with van der Waals surface area (Å²) in [5.74, 6) is 9.71.